The van der Waals surface area contributed by atoms with Gasteiger partial charge in [0.2, 0.25) is 0 Å². The van der Waals surface area contributed by atoms with E-state index in [0.717, 1.165) is 26.4 Å². The van der Waals surface area contributed by atoms with Gasteiger partial charge in [-0.05, 0) is 0 Å². The SMILES string of the molecule is C1COCCO1.[O].[O]. The summed E-state index contributed by atoms with van der Waals surface area (Å²) >= 11 is 0. The average molecular weight is 120 g/mol. The maximum atomic E-state index is 4.94. The molecular weight excluding hydrogens is 112 g/mol. The van der Waals surface area contributed by atoms with Gasteiger partial charge in [-0.1, -0.05) is 0 Å². The van der Waals surface area contributed by atoms with Crippen molar-refractivity contribution in [3.8, 4) is 0 Å². The lowest BCUT2D eigenvalue weighted by Gasteiger charge is -2.09. The molecule has 1 fully saturated rings. The highest BCUT2D eigenvalue weighted by Gasteiger charge is 1.94. The second-order valence-corrected chi connectivity index (χ2v) is 1.22. The van der Waals surface area contributed by atoms with Gasteiger partial charge in [0.1, 0.15) is 0 Å². The van der Waals surface area contributed by atoms with Crippen molar-refractivity contribution in [3.05, 3.63) is 0 Å². The molecule has 0 atom stereocenters. The van der Waals surface area contributed by atoms with Crippen LogP contribution in [0.1, 0.15) is 0 Å². The summed E-state index contributed by atoms with van der Waals surface area (Å²) in [6.07, 6.45) is 0. The largest absolute Gasteiger partial charge is 0.377 e. The lowest BCUT2D eigenvalue weighted by atomic mass is 10.6. The van der Waals surface area contributed by atoms with Crippen LogP contribution in [0.5, 0.6) is 0 Å². The standard InChI is InChI=1S/C4H8O2.2O/c1-2-6-4-3-5-1;;/h1-4H2;;. The van der Waals surface area contributed by atoms with Crippen LogP contribution >= 0.6 is 0 Å². The van der Waals surface area contributed by atoms with Crippen molar-refractivity contribution in [1.82, 2.24) is 0 Å². The Kier molecular flexibility index (Phi) is 9.20. The average Bonchev–Trinajstić information content (AvgIpc) is 1.72. The van der Waals surface area contributed by atoms with Crippen LogP contribution in [-0.2, 0) is 20.4 Å². The van der Waals surface area contributed by atoms with Gasteiger partial charge in [-0.25, -0.2) is 0 Å². The van der Waals surface area contributed by atoms with Crippen molar-refractivity contribution in [2.75, 3.05) is 26.4 Å². The molecule has 4 heteroatoms. The fourth-order valence-corrected chi connectivity index (χ4v) is 0.440. The molecule has 0 aromatic rings. The molecule has 0 aliphatic carbocycles. The highest BCUT2D eigenvalue weighted by atomic mass is 16.6. The van der Waals surface area contributed by atoms with E-state index in [1.165, 1.54) is 0 Å². The Morgan fingerprint density at radius 1 is 0.625 bits per heavy atom. The lowest BCUT2D eigenvalue weighted by Crippen LogP contribution is -2.16. The molecule has 8 heavy (non-hydrogen) atoms. The Bertz CT molecular complexity index is 23.5. The zero-order valence-electron chi connectivity index (χ0n) is 4.46. The lowest BCUT2D eigenvalue weighted by molar-refractivity contribution is -0.0334. The summed E-state index contributed by atoms with van der Waals surface area (Å²) in [5.74, 6) is 0. The topological polar surface area (TPSA) is 75.5 Å². The first-order valence-electron chi connectivity index (χ1n) is 2.15. The van der Waals surface area contributed by atoms with E-state index >= 15 is 0 Å². The van der Waals surface area contributed by atoms with Gasteiger partial charge in [-0.15, -0.1) is 0 Å². The fourth-order valence-electron chi connectivity index (χ4n) is 0.440. The minimum atomic E-state index is 0. The zero-order chi connectivity index (χ0) is 4.24. The van der Waals surface area contributed by atoms with E-state index in [2.05, 4.69) is 0 Å². The van der Waals surface area contributed by atoms with Crippen molar-refractivity contribution in [2.24, 2.45) is 0 Å². The molecular formula is C4H8O4. The molecule has 0 saturated carbocycles. The van der Waals surface area contributed by atoms with E-state index in [9.17, 15) is 0 Å². The zero-order valence-corrected chi connectivity index (χ0v) is 4.46. The molecule has 0 amide bonds. The van der Waals surface area contributed by atoms with E-state index in [1.54, 1.807) is 0 Å². The van der Waals surface area contributed by atoms with Crippen LogP contribution in [0.3, 0.4) is 0 Å². The summed E-state index contributed by atoms with van der Waals surface area (Å²) in [5.41, 5.74) is 0. The van der Waals surface area contributed by atoms with Crippen LogP contribution in [0.2, 0.25) is 0 Å². The van der Waals surface area contributed by atoms with Crippen LogP contribution in [0.4, 0.5) is 0 Å². The highest BCUT2D eigenvalue weighted by Crippen LogP contribution is 1.85. The number of ether oxygens (including phenoxy) is 2. The predicted molar refractivity (Wildman–Crippen MR) is 23.0 cm³/mol. The first-order valence-corrected chi connectivity index (χ1v) is 2.15. The molecule has 1 saturated heterocycles. The van der Waals surface area contributed by atoms with Gasteiger partial charge in [-0.2, -0.15) is 0 Å². The van der Waals surface area contributed by atoms with Gasteiger partial charge in [0, 0.05) is 11.0 Å². The Balaban J connectivity index is 0. The smallest absolute Gasteiger partial charge is 0.0701 e. The third-order valence-corrected chi connectivity index (χ3v) is 0.744. The van der Waals surface area contributed by atoms with Crippen LogP contribution < -0.4 is 0 Å². The summed E-state index contributed by atoms with van der Waals surface area (Å²) in [6, 6.07) is 0. The number of hydrogen-bond donors (Lipinski definition) is 0. The Morgan fingerprint density at radius 2 is 0.875 bits per heavy atom. The Morgan fingerprint density at radius 3 is 1.00 bits per heavy atom. The van der Waals surface area contributed by atoms with Crippen LogP contribution in [0, 0.1) is 0 Å². The van der Waals surface area contributed by atoms with Crippen molar-refractivity contribution in [3.63, 3.8) is 0 Å². The van der Waals surface area contributed by atoms with E-state index < -0.39 is 0 Å². The molecule has 1 aliphatic heterocycles. The Hall–Kier alpha value is -0.160. The Labute approximate surface area is 48.0 Å². The number of rotatable bonds is 0. The van der Waals surface area contributed by atoms with Crippen molar-refractivity contribution in [1.29, 1.82) is 0 Å². The van der Waals surface area contributed by atoms with Gasteiger partial charge in [0.05, 0.1) is 26.4 Å². The summed E-state index contributed by atoms with van der Waals surface area (Å²) in [7, 11) is 0. The fraction of sp³-hybridized carbons (Fsp3) is 1.00. The first-order chi connectivity index (χ1) is 3.00. The molecule has 0 spiro atoms. The molecule has 1 heterocycles. The quantitative estimate of drug-likeness (QED) is 0.443. The van der Waals surface area contributed by atoms with E-state index in [0.29, 0.717) is 0 Å². The van der Waals surface area contributed by atoms with Crippen LogP contribution in [0.25, 0.3) is 0 Å². The molecule has 0 aromatic carbocycles. The maximum absolute atomic E-state index is 4.94. The molecule has 4 nitrogen and oxygen atoms in total. The molecule has 4 radical (unpaired) electrons. The summed E-state index contributed by atoms with van der Waals surface area (Å²) in [6.45, 7) is 3.11. The summed E-state index contributed by atoms with van der Waals surface area (Å²) in [4.78, 5) is 0. The normalized spacial score (nSPS) is 18.0. The van der Waals surface area contributed by atoms with Crippen LogP contribution in [-0.4, -0.2) is 26.4 Å². The third-order valence-electron chi connectivity index (χ3n) is 0.744. The molecule has 0 aromatic heterocycles. The number of hydrogen-bond acceptors (Lipinski definition) is 2. The van der Waals surface area contributed by atoms with Crippen molar-refractivity contribution < 1.29 is 20.4 Å². The predicted octanol–water partition coefficient (Wildman–Crippen LogP) is -0.204. The van der Waals surface area contributed by atoms with E-state index in [-0.39, 0.29) is 11.0 Å². The molecule has 1 aliphatic rings. The second-order valence-electron chi connectivity index (χ2n) is 1.22. The van der Waals surface area contributed by atoms with Gasteiger partial charge in [0.15, 0.2) is 0 Å². The third kappa shape index (κ3) is 4.01. The first kappa shape index (κ1) is 10.8. The molecule has 0 unspecified atom stereocenters. The summed E-state index contributed by atoms with van der Waals surface area (Å²) < 4.78 is 9.89. The minimum absolute atomic E-state index is 0. The highest BCUT2D eigenvalue weighted by molar-refractivity contribution is 4.37. The second kappa shape index (κ2) is 6.84. The monoisotopic (exact) mass is 120 g/mol. The summed E-state index contributed by atoms with van der Waals surface area (Å²) in [5, 5.41) is 0. The van der Waals surface area contributed by atoms with Crippen molar-refractivity contribution in [2.45, 2.75) is 0 Å². The maximum Gasteiger partial charge on any atom is 0.0701 e. The molecule has 1 rings (SSSR count). The van der Waals surface area contributed by atoms with Crippen LogP contribution in [0.15, 0.2) is 0 Å². The van der Waals surface area contributed by atoms with Gasteiger partial charge in [0.25, 0.3) is 0 Å². The van der Waals surface area contributed by atoms with E-state index in [1.807, 2.05) is 0 Å². The molecule has 48 valence electrons. The van der Waals surface area contributed by atoms with Crippen molar-refractivity contribution >= 4 is 0 Å². The molecule has 0 bridgehead atoms. The molecule has 0 N–H and O–H groups in total. The van der Waals surface area contributed by atoms with Gasteiger partial charge in [-0.3, -0.25) is 0 Å². The van der Waals surface area contributed by atoms with Gasteiger partial charge < -0.3 is 9.47 Å². The van der Waals surface area contributed by atoms with E-state index in [4.69, 9.17) is 9.47 Å². The van der Waals surface area contributed by atoms with Gasteiger partial charge >= 0.3 is 0 Å². The minimum Gasteiger partial charge on any atom is -0.377 e.